The molecule has 1 aromatic carbocycles. The SMILES string of the molecule is O=C1CN(c2ccc([N+](=O)[O-])cc2)C(=O)C2(CCNC2)N1. The van der Waals surface area contributed by atoms with E-state index < -0.39 is 10.5 Å². The van der Waals surface area contributed by atoms with Gasteiger partial charge in [-0.15, -0.1) is 0 Å². The molecule has 0 saturated carbocycles. The number of anilines is 1. The number of nitrogens with one attached hydrogen (secondary N) is 2. The van der Waals surface area contributed by atoms with Crippen molar-refractivity contribution in [2.45, 2.75) is 12.0 Å². The van der Waals surface area contributed by atoms with Gasteiger partial charge in [0.2, 0.25) is 5.91 Å². The highest BCUT2D eigenvalue weighted by Crippen LogP contribution is 2.27. The topological polar surface area (TPSA) is 105 Å². The number of benzene rings is 1. The second-order valence-electron chi connectivity index (χ2n) is 5.22. The highest BCUT2D eigenvalue weighted by molar-refractivity contribution is 6.09. The van der Waals surface area contributed by atoms with Crippen molar-refractivity contribution in [3.05, 3.63) is 34.4 Å². The molecule has 8 nitrogen and oxygen atoms in total. The van der Waals surface area contributed by atoms with E-state index in [1.807, 2.05) is 0 Å². The maximum absolute atomic E-state index is 12.7. The summed E-state index contributed by atoms with van der Waals surface area (Å²) in [5.41, 5.74) is -0.450. The van der Waals surface area contributed by atoms with Gasteiger partial charge in [0.25, 0.3) is 11.6 Å². The van der Waals surface area contributed by atoms with Gasteiger partial charge in [-0.1, -0.05) is 0 Å². The van der Waals surface area contributed by atoms with E-state index in [2.05, 4.69) is 10.6 Å². The molecule has 8 heteroatoms. The molecule has 2 aliphatic rings. The Morgan fingerprint density at radius 3 is 2.52 bits per heavy atom. The molecule has 2 saturated heterocycles. The van der Waals surface area contributed by atoms with Crippen LogP contribution in [0.15, 0.2) is 24.3 Å². The lowest BCUT2D eigenvalue weighted by molar-refractivity contribution is -0.384. The van der Waals surface area contributed by atoms with Crippen LogP contribution in [0.25, 0.3) is 0 Å². The van der Waals surface area contributed by atoms with Crippen LogP contribution in [0.5, 0.6) is 0 Å². The van der Waals surface area contributed by atoms with Crippen LogP contribution in [0.4, 0.5) is 11.4 Å². The number of non-ortho nitro benzene ring substituents is 1. The Balaban J connectivity index is 1.91. The monoisotopic (exact) mass is 290 g/mol. The van der Waals surface area contributed by atoms with Crippen LogP contribution in [-0.4, -0.2) is 41.9 Å². The predicted octanol–water partition coefficient (Wildman–Crippen LogP) is -0.210. The summed E-state index contributed by atoms with van der Waals surface area (Å²) in [5.74, 6) is -0.405. The Hall–Kier alpha value is -2.48. The van der Waals surface area contributed by atoms with Crippen LogP contribution >= 0.6 is 0 Å². The average Bonchev–Trinajstić information content (AvgIpc) is 2.92. The molecule has 0 radical (unpaired) electrons. The fourth-order valence-corrected chi connectivity index (χ4v) is 2.78. The molecule has 2 heterocycles. The van der Waals surface area contributed by atoms with E-state index in [-0.39, 0.29) is 24.0 Å². The summed E-state index contributed by atoms with van der Waals surface area (Å²) >= 11 is 0. The van der Waals surface area contributed by atoms with Crippen molar-refractivity contribution < 1.29 is 14.5 Å². The molecule has 1 atom stereocenters. The van der Waals surface area contributed by atoms with Crippen molar-refractivity contribution in [1.82, 2.24) is 10.6 Å². The van der Waals surface area contributed by atoms with Crippen LogP contribution in [-0.2, 0) is 9.59 Å². The quantitative estimate of drug-likeness (QED) is 0.579. The Morgan fingerprint density at radius 1 is 1.24 bits per heavy atom. The van der Waals surface area contributed by atoms with Crippen molar-refractivity contribution in [2.75, 3.05) is 24.5 Å². The van der Waals surface area contributed by atoms with Crippen molar-refractivity contribution in [1.29, 1.82) is 0 Å². The fraction of sp³-hybridized carbons (Fsp3) is 0.385. The zero-order valence-corrected chi connectivity index (χ0v) is 11.2. The number of rotatable bonds is 2. The zero-order chi connectivity index (χ0) is 15.0. The van der Waals surface area contributed by atoms with Gasteiger partial charge in [0.1, 0.15) is 12.1 Å². The van der Waals surface area contributed by atoms with Gasteiger partial charge < -0.3 is 15.5 Å². The fourth-order valence-electron chi connectivity index (χ4n) is 2.78. The molecule has 110 valence electrons. The van der Waals surface area contributed by atoms with Crippen LogP contribution in [0.1, 0.15) is 6.42 Å². The summed E-state index contributed by atoms with van der Waals surface area (Å²) in [5, 5.41) is 16.5. The molecule has 0 bridgehead atoms. The summed E-state index contributed by atoms with van der Waals surface area (Å²) in [6.07, 6.45) is 0.543. The molecule has 0 aliphatic carbocycles. The maximum atomic E-state index is 12.7. The van der Waals surface area contributed by atoms with Crippen molar-refractivity contribution >= 4 is 23.2 Å². The van der Waals surface area contributed by atoms with E-state index in [1.165, 1.54) is 29.2 Å². The van der Waals surface area contributed by atoms with E-state index >= 15 is 0 Å². The zero-order valence-electron chi connectivity index (χ0n) is 11.2. The second kappa shape index (κ2) is 4.81. The number of carbonyl (C=O) groups excluding carboxylic acids is 2. The van der Waals surface area contributed by atoms with Gasteiger partial charge in [-0.05, 0) is 25.1 Å². The van der Waals surface area contributed by atoms with Gasteiger partial charge in [0.05, 0.1) is 4.92 Å². The molecule has 2 N–H and O–H groups in total. The van der Waals surface area contributed by atoms with Crippen LogP contribution < -0.4 is 15.5 Å². The van der Waals surface area contributed by atoms with E-state index in [0.717, 1.165) is 0 Å². The van der Waals surface area contributed by atoms with Gasteiger partial charge >= 0.3 is 0 Å². The largest absolute Gasteiger partial charge is 0.339 e. The third kappa shape index (κ3) is 2.23. The number of nitrogens with zero attached hydrogens (tertiary/aromatic N) is 2. The van der Waals surface area contributed by atoms with Crippen LogP contribution in [0.2, 0.25) is 0 Å². The number of piperazine rings is 1. The number of amides is 2. The smallest absolute Gasteiger partial charge is 0.269 e. The minimum Gasteiger partial charge on any atom is -0.339 e. The molecule has 1 spiro atoms. The van der Waals surface area contributed by atoms with Gasteiger partial charge in [-0.3, -0.25) is 19.7 Å². The summed E-state index contributed by atoms with van der Waals surface area (Å²) in [4.78, 5) is 36.1. The summed E-state index contributed by atoms with van der Waals surface area (Å²) in [6, 6.07) is 5.64. The first-order valence-electron chi connectivity index (χ1n) is 6.60. The number of hydrogen-bond donors (Lipinski definition) is 2. The number of carbonyl (C=O) groups is 2. The van der Waals surface area contributed by atoms with Gasteiger partial charge in [-0.25, -0.2) is 0 Å². The van der Waals surface area contributed by atoms with Crippen molar-refractivity contribution in [3.8, 4) is 0 Å². The predicted molar refractivity (Wildman–Crippen MR) is 73.8 cm³/mol. The third-order valence-electron chi connectivity index (χ3n) is 3.86. The van der Waals surface area contributed by atoms with E-state index in [4.69, 9.17) is 0 Å². The van der Waals surface area contributed by atoms with Crippen LogP contribution in [0.3, 0.4) is 0 Å². The van der Waals surface area contributed by atoms with E-state index in [9.17, 15) is 19.7 Å². The second-order valence-corrected chi connectivity index (χ2v) is 5.22. The first-order valence-corrected chi connectivity index (χ1v) is 6.60. The Labute approximate surface area is 120 Å². The van der Waals surface area contributed by atoms with Gasteiger partial charge in [0.15, 0.2) is 0 Å². The Morgan fingerprint density at radius 2 is 1.95 bits per heavy atom. The van der Waals surface area contributed by atoms with Gasteiger partial charge in [0, 0.05) is 24.4 Å². The molecule has 21 heavy (non-hydrogen) atoms. The van der Waals surface area contributed by atoms with Crippen molar-refractivity contribution in [3.63, 3.8) is 0 Å². The highest BCUT2D eigenvalue weighted by atomic mass is 16.6. The molecule has 3 rings (SSSR count). The normalized spacial score (nSPS) is 25.2. The third-order valence-corrected chi connectivity index (χ3v) is 3.86. The standard InChI is InChI=1S/C13H14N4O4/c18-11-7-16(9-1-3-10(4-2-9)17(20)21)12(19)13(15-11)5-6-14-8-13/h1-4,14H,5-8H2,(H,15,18). The van der Waals surface area contributed by atoms with E-state index in [1.54, 1.807) is 0 Å². The van der Waals surface area contributed by atoms with E-state index in [0.29, 0.717) is 25.2 Å². The summed E-state index contributed by atoms with van der Waals surface area (Å²) in [7, 11) is 0. The highest BCUT2D eigenvalue weighted by Gasteiger charge is 2.48. The molecule has 2 fully saturated rings. The Bertz CT molecular complexity index is 607. The minimum absolute atomic E-state index is 0.0510. The minimum atomic E-state index is -0.892. The molecule has 1 unspecified atom stereocenters. The molecular formula is C13H14N4O4. The molecular weight excluding hydrogens is 276 g/mol. The maximum Gasteiger partial charge on any atom is 0.269 e. The number of nitro benzene ring substituents is 1. The molecule has 2 aliphatic heterocycles. The molecule has 1 aromatic rings. The number of hydrogen-bond acceptors (Lipinski definition) is 5. The first-order chi connectivity index (χ1) is 10.0. The lowest BCUT2D eigenvalue weighted by Gasteiger charge is -2.39. The van der Waals surface area contributed by atoms with Crippen molar-refractivity contribution in [2.24, 2.45) is 0 Å². The van der Waals surface area contributed by atoms with Gasteiger partial charge in [-0.2, -0.15) is 0 Å². The average molecular weight is 290 g/mol. The molecule has 0 aromatic heterocycles. The molecule has 2 amide bonds. The summed E-state index contributed by atoms with van der Waals surface area (Å²) in [6.45, 7) is 1.000. The summed E-state index contributed by atoms with van der Waals surface area (Å²) < 4.78 is 0. The Kier molecular flexibility index (Phi) is 3.09. The lowest BCUT2D eigenvalue weighted by Crippen LogP contribution is -2.67. The number of nitro groups is 1. The first kappa shape index (κ1) is 13.5. The van der Waals surface area contributed by atoms with Crippen LogP contribution in [0, 0.1) is 10.1 Å². The lowest BCUT2D eigenvalue weighted by atomic mass is 9.93.